The zero-order valence-electron chi connectivity index (χ0n) is 9.18. The molecule has 0 aliphatic carbocycles. The van der Waals surface area contributed by atoms with Crippen molar-refractivity contribution in [1.82, 2.24) is 5.32 Å². The van der Waals surface area contributed by atoms with Crippen molar-refractivity contribution in [3.05, 3.63) is 24.3 Å². The van der Waals surface area contributed by atoms with Gasteiger partial charge in [0.05, 0.1) is 13.2 Å². The van der Waals surface area contributed by atoms with E-state index in [1.165, 1.54) is 6.07 Å². The first-order valence-electron chi connectivity index (χ1n) is 5.17. The van der Waals surface area contributed by atoms with Crippen LogP contribution in [-0.2, 0) is 9.53 Å². The molecule has 1 saturated heterocycles. The number of nitrogens with one attached hydrogen (secondary N) is 2. The smallest absolute Gasteiger partial charge is 0.243 e. The first kappa shape index (κ1) is 13.8. The number of phenolic OH excluding ortho intramolecular Hbond substituents is 1. The number of carbonyl (C=O) groups excluding carboxylic acids is 1. The highest BCUT2D eigenvalue weighted by molar-refractivity contribution is 5.95. The van der Waals surface area contributed by atoms with E-state index in [9.17, 15) is 9.90 Å². The number of aromatic hydroxyl groups is 1. The summed E-state index contributed by atoms with van der Waals surface area (Å²) >= 11 is 0. The van der Waals surface area contributed by atoms with Crippen molar-refractivity contribution in [2.45, 2.75) is 6.04 Å². The van der Waals surface area contributed by atoms with Gasteiger partial charge in [0, 0.05) is 18.3 Å². The zero-order valence-corrected chi connectivity index (χ0v) is 10.00. The van der Waals surface area contributed by atoms with Crippen LogP contribution in [0.25, 0.3) is 0 Å². The second-order valence-electron chi connectivity index (χ2n) is 3.62. The molecule has 1 aliphatic rings. The summed E-state index contributed by atoms with van der Waals surface area (Å²) in [5.74, 6) is -0.0176. The molecule has 6 heteroatoms. The lowest BCUT2D eigenvalue weighted by atomic mass is 10.2. The fraction of sp³-hybridized carbons (Fsp3) is 0.364. The molecular formula is C11H15ClN2O3. The summed E-state index contributed by atoms with van der Waals surface area (Å²) in [5, 5.41) is 15.0. The fourth-order valence-corrected chi connectivity index (χ4v) is 1.55. The molecule has 3 N–H and O–H groups in total. The maximum absolute atomic E-state index is 11.7. The van der Waals surface area contributed by atoms with Gasteiger partial charge in [0.25, 0.3) is 0 Å². The average Bonchev–Trinajstić information content (AvgIpc) is 2.30. The topological polar surface area (TPSA) is 70.6 Å². The summed E-state index contributed by atoms with van der Waals surface area (Å²) in [6.07, 6.45) is 0. The van der Waals surface area contributed by atoms with Crippen molar-refractivity contribution < 1.29 is 14.6 Å². The summed E-state index contributed by atoms with van der Waals surface area (Å²) in [6.45, 7) is 1.69. The normalized spacial score (nSPS) is 19.2. The Kier molecular flexibility index (Phi) is 5.21. The van der Waals surface area contributed by atoms with Gasteiger partial charge in [-0.2, -0.15) is 0 Å². The maximum atomic E-state index is 11.7. The Hall–Kier alpha value is -1.30. The lowest BCUT2D eigenvalue weighted by molar-refractivity contribution is -0.120. The lowest BCUT2D eigenvalue weighted by Crippen LogP contribution is -2.48. The average molecular weight is 259 g/mol. The number of hydrogen-bond donors (Lipinski definition) is 3. The van der Waals surface area contributed by atoms with Gasteiger partial charge >= 0.3 is 0 Å². The molecule has 0 aromatic heterocycles. The Morgan fingerprint density at radius 1 is 1.53 bits per heavy atom. The minimum Gasteiger partial charge on any atom is -0.508 e. The van der Waals surface area contributed by atoms with Crippen LogP contribution in [0.15, 0.2) is 24.3 Å². The van der Waals surface area contributed by atoms with Crippen LogP contribution in [0.3, 0.4) is 0 Å². The molecule has 0 radical (unpaired) electrons. The third kappa shape index (κ3) is 3.89. The highest BCUT2D eigenvalue weighted by atomic mass is 35.5. The van der Waals surface area contributed by atoms with Crippen molar-refractivity contribution in [3.63, 3.8) is 0 Å². The standard InChI is InChI=1S/C11H14N2O3.ClH/c14-9-3-1-2-8(6-9)13-11(15)10-7-16-5-4-12-10;/h1-3,6,10,12,14H,4-5,7H2,(H,13,15);1H. The number of ether oxygens (including phenoxy) is 1. The van der Waals surface area contributed by atoms with Crippen LogP contribution in [0, 0.1) is 0 Å². The van der Waals surface area contributed by atoms with Crippen molar-refractivity contribution in [3.8, 4) is 5.75 Å². The number of rotatable bonds is 2. The molecule has 0 saturated carbocycles. The Balaban J connectivity index is 0.00000144. The first-order valence-corrected chi connectivity index (χ1v) is 5.17. The van der Waals surface area contributed by atoms with Crippen molar-refractivity contribution in [1.29, 1.82) is 0 Å². The highest BCUT2D eigenvalue weighted by Crippen LogP contribution is 2.15. The van der Waals surface area contributed by atoms with Crippen LogP contribution in [-0.4, -0.2) is 36.8 Å². The van der Waals surface area contributed by atoms with Gasteiger partial charge in [0.2, 0.25) is 5.91 Å². The van der Waals surface area contributed by atoms with Crippen LogP contribution in [0.5, 0.6) is 5.75 Å². The highest BCUT2D eigenvalue weighted by Gasteiger charge is 2.20. The molecule has 1 aliphatic heterocycles. The second kappa shape index (κ2) is 6.44. The van der Waals surface area contributed by atoms with Gasteiger partial charge in [-0.15, -0.1) is 12.4 Å². The molecule has 1 aromatic carbocycles. The van der Waals surface area contributed by atoms with E-state index in [-0.39, 0.29) is 30.1 Å². The molecule has 1 amide bonds. The molecule has 94 valence electrons. The van der Waals surface area contributed by atoms with Gasteiger partial charge in [-0.05, 0) is 12.1 Å². The van der Waals surface area contributed by atoms with E-state index < -0.39 is 0 Å². The van der Waals surface area contributed by atoms with E-state index in [1.807, 2.05) is 0 Å². The number of hydrogen-bond acceptors (Lipinski definition) is 4. The van der Waals surface area contributed by atoms with Gasteiger partial charge in [0.1, 0.15) is 11.8 Å². The molecule has 5 nitrogen and oxygen atoms in total. The third-order valence-corrected chi connectivity index (χ3v) is 2.35. The lowest BCUT2D eigenvalue weighted by Gasteiger charge is -2.22. The number of anilines is 1. The molecule has 1 fully saturated rings. The van der Waals surface area contributed by atoms with E-state index in [0.29, 0.717) is 25.4 Å². The molecule has 17 heavy (non-hydrogen) atoms. The second-order valence-corrected chi connectivity index (χ2v) is 3.62. The quantitative estimate of drug-likeness (QED) is 0.732. The van der Waals surface area contributed by atoms with Crippen molar-refractivity contribution in [2.24, 2.45) is 0 Å². The van der Waals surface area contributed by atoms with Crippen LogP contribution in [0.1, 0.15) is 0 Å². The van der Waals surface area contributed by atoms with Crippen LogP contribution >= 0.6 is 12.4 Å². The van der Waals surface area contributed by atoms with E-state index in [0.717, 1.165) is 0 Å². The predicted molar refractivity (Wildman–Crippen MR) is 66.6 cm³/mol. The van der Waals surface area contributed by atoms with Gasteiger partial charge in [-0.1, -0.05) is 6.07 Å². The Bertz CT molecular complexity index is 381. The molecule has 1 unspecified atom stereocenters. The molecule has 2 rings (SSSR count). The molecule has 0 spiro atoms. The predicted octanol–water partition coefficient (Wildman–Crippen LogP) is 0.741. The number of benzene rings is 1. The van der Waals surface area contributed by atoms with E-state index in [1.54, 1.807) is 18.2 Å². The van der Waals surface area contributed by atoms with E-state index >= 15 is 0 Å². The summed E-state index contributed by atoms with van der Waals surface area (Å²) in [7, 11) is 0. The number of amides is 1. The summed E-state index contributed by atoms with van der Waals surface area (Å²) in [6, 6.07) is 6.13. The van der Waals surface area contributed by atoms with Crippen molar-refractivity contribution in [2.75, 3.05) is 25.1 Å². The van der Waals surface area contributed by atoms with Gasteiger partial charge in [-0.25, -0.2) is 0 Å². The minimum atomic E-state index is -0.323. The molecule has 0 bridgehead atoms. The van der Waals surface area contributed by atoms with Gasteiger partial charge in [0.15, 0.2) is 0 Å². The SMILES string of the molecule is Cl.O=C(Nc1cccc(O)c1)C1COCCN1. The van der Waals surface area contributed by atoms with Gasteiger partial charge < -0.3 is 20.5 Å². The number of carbonyl (C=O) groups is 1. The number of morpholine rings is 1. The van der Waals surface area contributed by atoms with Gasteiger partial charge in [-0.3, -0.25) is 4.79 Å². The first-order chi connectivity index (χ1) is 7.75. The van der Waals surface area contributed by atoms with E-state index in [4.69, 9.17) is 4.74 Å². The Morgan fingerprint density at radius 2 is 2.35 bits per heavy atom. The number of phenols is 1. The summed E-state index contributed by atoms with van der Waals surface area (Å²) < 4.78 is 5.19. The molecule has 1 atom stereocenters. The summed E-state index contributed by atoms with van der Waals surface area (Å²) in [5.41, 5.74) is 0.581. The van der Waals surface area contributed by atoms with Crippen LogP contribution in [0.2, 0.25) is 0 Å². The molecular weight excluding hydrogens is 244 g/mol. The zero-order chi connectivity index (χ0) is 11.4. The van der Waals surface area contributed by atoms with Crippen LogP contribution in [0.4, 0.5) is 5.69 Å². The maximum Gasteiger partial charge on any atom is 0.243 e. The molecule has 1 heterocycles. The Morgan fingerprint density at radius 3 is 3.00 bits per heavy atom. The third-order valence-electron chi connectivity index (χ3n) is 2.35. The molecule has 1 aromatic rings. The minimum absolute atomic E-state index is 0. The monoisotopic (exact) mass is 258 g/mol. The largest absolute Gasteiger partial charge is 0.508 e. The van der Waals surface area contributed by atoms with Crippen LogP contribution < -0.4 is 10.6 Å². The number of halogens is 1. The fourth-order valence-electron chi connectivity index (χ4n) is 1.55. The summed E-state index contributed by atoms with van der Waals surface area (Å²) in [4.78, 5) is 11.7. The Labute approximate surface area is 106 Å². The van der Waals surface area contributed by atoms with Crippen molar-refractivity contribution >= 4 is 24.0 Å². The van der Waals surface area contributed by atoms with E-state index in [2.05, 4.69) is 10.6 Å².